The molecule has 0 aliphatic carbocycles. The maximum absolute atomic E-state index is 8.80. The maximum Gasteiger partial charge on any atom is 0.0446 e. The molecule has 0 radical (unpaired) electrons. The summed E-state index contributed by atoms with van der Waals surface area (Å²) in [5, 5.41) is 12.2. The summed E-state index contributed by atoms with van der Waals surface area (Å²) in [5.74, 6) is 0. The van der Waals surface area contributed by atoms with Crippen LogP contribution in [0.25, 0.3) is 0 Å². The van der Waals surface area contributed by atoms with E-state index in [-0.39, 0.29) is 0 Å². The highest BCUT2D eigenvalue weighted by Gasteiger charge is 2.18. The highest BCUT2D eigenvalue weighted by Crippen LogP contribution is 2.07. The molecule has 1 heterocycles. The van der Waals surface area contributed by atoms with E-state index >= 15 is 0 Å². The standard InChI is InChI=1S/C9H20N2O/c1-8-3-5-10-9(4-6-12)7-11(8)2/h8-10,12H,3-7H2,1-2H3. The van der Waals surface area contributed by atoms with E-state index in [9.17, 15) is 0 Å². The van der Waals surface area contributed by atoms with E-state index in [1.807, 2.05) is 0 Å². The van der Waals surface area contributed by atoms with E-state index in [0.717, 1.165) is 19.5 Å². The Hall–Kier alpha value is -0.120. The monoisotopic (exact) mass is 172 g/mol. The minimum absolute atomic E-state index is 0.292. The molecule has 0 saturated carbocycles. The van der Waals surface area contributed by atoms with E-state index in [0.29, 0.717) is 18.7 Å². The largest absolute Gasteiger partial charge is 0.396 e. The molecule has 0 aromatic rings. The highest BCUT2D eigenvalue weighted by atomic mass is 16.3. The Balaban J connectivity index is 2.37. The van der Waals surface area contributed by atoms with Gasteiger partial charge >= 0.3 is 0 Å². The molecule has 2 unspecified atom stereocenters. The lowest BCUT2D eigenvalue weighted by atomic mass is 10.2. The van der Waals surface area contributed by atoms with E-state index in [4.69, 9.17) is 5.11 Å². The van der Waals surface area contributed by atoms with Crippen LogP contribution in [0.5, 0.6) is 0 Å². The molecule has 1 saturated heterocycles. The molecule has 2 N–H and O–H groups in total. The number of likely N-dealkylation sites (N-methyl/N-ethyl adjacent to an activating group) is 1. The summed E-state index contributed by atoms with van der Waals surface area (Å²) in [6.45, 7) is 4.68. The Kier molecular flexibility index (Phi) is 3.98. The molecule has 2 atom stereocenters. The van der Waals surface area contributed by atoms with Crippen LogP contribution in [0, 0.1) is 0 Å². The number of nitrogens with one attached hydrogen (secondary N) is 1. The van der Waals surface area contributed by atoms with Gasteiger partial charge in [0.05, 0.1) is 0 Å². The first-order valence-corrected chi connectivity index (χ1v) is 4.78. The van der Waals surface area contributed by atoms with Gasteiger partial charge in [-0.1, -0.05) is 0 Å². The maximum atomic E-state index is 8.80. The Morgan fingerprint density at radius 2 is 2.33 bits per heavy atom. The zero-order chi connectivity index (χ0) is 8.97. The molecule has 0 aromatic heterocycles. The van der Waals surface area contributed by atoms with Crippen LogP contribution in [0.2, 0.25) is 0 Å². The first kappa shape index (κ1) is 9.96. The SMILES string of the molecule is CC1CCNC(CCO)CN1C. The number of rotatable bonds is 2. The van der Waals surface area contributed by atoms with Crippen molar-refractivity contribution in [3.8, 4) is 0 Å². The van der Waals surface area contributed by atoms with Crippen LogP contribution >= 0.6 is 0 Å². The number of hydrogen-bond acceptors (Lipinski definition) is 3. The zero-order valence-corrected chi connectivity index (χ0v) is 8.08. The third-order valence-corrected chi connectivity index (χ3v) is 2.73. The Morgan fingerprint density at radius 3 is 3.00 bits per heavy atom. The molecule has 12 heavy (non-hydrogen) atoms. The van der Waals surface area contributed by atoms with Crippen LogP contribution in [0.3, 0.4) is 0 Å². The number of nitrogens with zero attached hydrogens (tertiary/aromatic N) is 1. The fraction of sp³-hybridized carbons (Fsp3) is 1.00. The van der Waals surface area contributed by atoms with Crippen LogP contribution < -0.4 is 5.32 Å². The zero-order valence-electron chi connectivity index (χ0n) is 8.08. The second kappa shape index (κ2) is 4.80. The lowest BCUT2D eigenvalue weighted by molar-refractivity contribution is 0.222. The number of aliphatic hydroxyl groups is 1. The van der Waals surface area contributed by atoms with Gasteiger partial charge in [-0.25, -0.2) is 0 Å². The summed E-state index contributed by atoms with van der Waals surface area (Å²) in [5.41, 5.74) is 0. The van der Waals surface area contributed by atoms with Crippen molar-refractivity contribution in [2.24, 2.45) is 0 Å². The summed E-state index contributed by atoms with van der Waals surface area (Å²) in [7, 11) is 2.15. The molecule has 0 amide bonds. The lowest BCUT2D eigenvalue weighted by Gasteiger charge is -2.23. The molecule has 0 aromatic carbocycles. The van der Waals surface area contributed by atoms with E-state index in [1.165, 1.54) is 6.42 Å². The number of hydrogen-bond donors (Lipinski definition) is 2. The molecular formula is C9H20N2O. The molecule has 3 heteroatoms. The molecule has 0 spiro atoms. The van der Waals surface area contributed by atoms with Gasteiger partial charge in [0.2, 0.25) is 0 Å². The highest BCUT2D eigenvalue weighted by molar-refractivity contribution is 4.78. The molecular weight excluding hydrogens is 152 g/mol. The van der Waals surface area contributed by atoms with Gasteiger partial charge in [-0.2, -0.15) is 0 Å². The van der Waals surface area contributed by atoms with Crippen molar-refractivity contribution in [2.75, 3.05) is 26.7 Å². The molecule has 1 aliphatic heterocycles. The summed E-state index contributed by atoms with van der Waals surface area (Å²) < 4.78 is 0. The quantitative estimate of drug-likeness (QED) is 0.618. The Bertz CT molecular complexity index is 130. The number of aliphatic hydroxyl groups excluding tert-OH is 1. The molecule has 1 fully saturated rings. The van der Waals surface area contributed by atoms with Crippen molar-refractivity contribution >= 4 is 0 Å². The van der Waals surface area contributed by atoms with Gasteiger partial charge in [0.15, 0.2) is 0 Å². The predicted octanol–water partition coefficient (Wildman–Crippen LogP) is 0.0510. The minimum Gasteiger partial charge on any atom is -0.396 e. The Labute approximate surface area is 74.8 Å². The van der Waals surface area contributed by atoms with Crippen molar-refractivity contribution < 1.29 is 5.11 Å². The normalized spacial score (nSPS) is 33.2. The van der Waals surface area contributed by atoms with Gasteiger partial charge < -0.3 is 15.3 Å². The van der Waals surface area contributed by atoms with Crippen molar-refractivity contribution in [3.63, 3.8) is 0 Å². The van der Waals surface area contributed by atoms with Gasteiger partial charge in [0.25, 0.3) is 0 Å². The first-order chi connectivity index (χ1) is 5.74. The van der Waals surface area contributed by atoms with Gasteiger partial charge in [0.1, 0.15) is 0 Å². The van der Waals surface area contributed by atoms with Gasteiger partial charge in [-0.05, 0) is 33.4 Å². The molecule has 72 valence electrons. The van der Waals surface area contributed by atoms with Gasteiger partial charge in [0, 0.05) is 25.2 Å². The Morgan fingerprint density at radius 1 is 1.58 bits per heavy atom. The fourth-order valence-electron chi connectivity index (χ4n) is 1.66. The summed E-state index contributed by atoms with van der Waals surface area (Å²) in [6.07, 6.45) is 2.08. The van der Waals surface area contributed by atoms with Crippen LogP contribution in [0.1, 0.15) is 19.8 Å². The molecule has 3 nitrogen and oxygen atoms in total. The summed E-state index contributed by atoms with van der Waals surface area (Å²) >= 11 is 0. The van der Waals surface area contributed by atoms with E-state index in [1.54, 1.807) is 0 Å². The summed E-state index contributed by atoms with van der Waals surface area (Å²) in [4.78, 5) is 2.36. The second-order valence-electron chi connectivity index (χ2n) is 3.74. The topological polar surface area (TPSA) is 35.5 Å². The van der Waals surface area contributed by atoms with E-state index < -0.39 is 0 Å². The summed E-state index contributed by atoms with van der Waals surface area (Å²) in [6, 6.07) is 1.14. The van der Waals surface area contributed by atoms with Crippen molar-refractivity contribution in [2.45, 2.75) is 31.8 Å². The average Bonchev–Trinajstić information content (AvgIpc) is 2.16. The van der Waals surface area contributed by atoms with Crippen molar-refractivity contribution in [1.29, 1.82) is 0 Å². The first-order valence-electron chi connectivity index (χ1n) is 4.78. The van der Waals surface area contributed by atoms with E-state index in [2.05, 4.69) is 24.2 Å². The predicted molar refractivity (Wildman–Crippen MR) is 50.2 cm³/mol. The second-order valence-corrected chi connectivity index (χ2v) is 3.74. The minimum atomic E-state index is 0.292. The average molecular weight is 172 g/mol. The van der Waals surface area contributed by atoms with Gasteiger partial charge in [-0.15, -0.1) is 0 Å². The van der Waals surface area contributed by atoms with Gasteiger partial charge in [-0.3, -0.25) is 0 Å². The third kappa shape index (κ3) is 2.73. The van der Waals surface area contributed by atoms with Crippen LogP contribution in [-0.4, -0.2) is 48.8 Å². The van der Waals surface area contributed by atoms with Crippen molar-refractivity contribution in [1.82, 2.24) is 10.2 Å². The molecule has 1 aliphatic rings. The van der Waals surface area contributed by atoms with Crippen LogP contribution in [-0.2, 0) is 0 Å². The van der Waals surface area contributed by atoms with Crippen LogP contribution in [0.15, 0.2) is 0 Å². The molecule has 0 bridgehead atoms. The van der Waals surface area contributed by atoms with Crippen molar-refractivity contribution in [3.05, 3.63) is 0 Å². The third-order valence-electron chi connectivity index (χ3n) is 2.73. The smallest absolute Gasteiger partial charge is 0.0446 e. The lowest BCUT2D eigenvalue weighted by Crippen LogP contribution is -2.38. The molecule has 1 rings (SSSR count). The fourth-order valence-corrected chi connectivity index (χ4v) is 1.66. The van der Waals surface area contributed by atoms with Crippen LogP contribution in [0.4, 0.5) is 0 Å².